The Morgan fingerprint density at radius 3 is 2.36 bits per heavy atom. The van der Waals surface area contributed by atoms with Crippen LogP contribution in [0.2, 0.25) is 0 Å². The summed E-state index contributed by atoms with van der Waals surface area (Å²) in [6.07, 6.45) is 2.14. The molecule has 0 aliphatic carbocycles. The zero-order valence-electron chi connectivity index (χ0n) is 17.8. The fourth-order valence-electron chi connectivity index (χ4n) is 3.83. The number of carbonyl (C=O) groups is 2. The predicted molar refractivity (Wildman–Crippen MR) is 105 cm³/mol. The van der Waals surface area contributed by atoms with Crippen molar-refractivity contribution in [3.05, 3.63) is 11.6 Å². The monoisotopic (exact) mass is 391 g/mol. The lowest BCUT2D eigenvalue weighted by Gasteiger charge is -2.33. The van der Waals surface area contributed by atoms with Gasteiger partial charge in [-0.15, -0.1) is 10.2 Å². The van der Waals surface area contributed by atoms with E-state index in [2.05, 4.69) is 28.6 Å². The minimum Gasteiger partial charge on any atom is -0.444 e. The summed E-state index contributed by atoms with van der Waals surface area (Å²) in [5, 5.41) is 8.78. The Morgan fingerprint density at radius 1 is 1.07 bits per heavy atom. The largest absolute Gasteiger partial charge is 0.444 e. The molecule has 2 aliphatic rings. The van der Waals surface area contributed by atoms with Crippen molar-refractivity contribution in [2.24, 2.45) is 5.92 Å². The standard InChI is InChI=1S/C20H33N5O3/c1-14(2)12-17(26)23-8-6-15(7-9-23)18-22-21-16-13-24(10-11-25(16)18)19(27)28-20(3,4)5/h14-15H,6-13H2,1-5H3. The van der Waals surface area contributed by atoms with E-state index in [0.29, 0.717) is 37.9 Å². The molecule has 1 aromatic rings. The third-order valence-electron chi connectivity index (χ3n) is 5.23. The highest BCUT2D eigenvalue weighted by molar-refractivity contribution is 5.76. The lowest BCUT2D eigenvalue weighted by molar-refractivity contribution is -0.133. The average Bonchev–Trinajstić information content (AvgIpc) is 3.03. The molecular formula is C20H33N5O3. The summed E-state index contributed by atoms with van der Waals surface area (Å²) in [5.74, 6) is 2.77. The number of carbonyl (C=O) groups excluding carboxylic acids is 2. The molecule has 8 heteroatoms. The number of ether oxygens (including phenoxy) is 1. The van der Waals surface area contributed by atoms with Gasteiger partial charge in [-0.05, 0) is 39.5 Å². The van der Waals surface area contributed by atoms with Gasteiger partial charge in [-0.1, -0.05) is 13.8 Å². The number of hydrogen-bond acceptors (Lipinski definition) is 5. The number of fused-ring (bicyclic) bond motifs is 1. The quantitative estimate of drug-likeness (QED) is 0.791. The molecule has 1 fully saturated rings. The van der Waals surface area contributed by atoms with Gasteiger partial charge >= 0.3 is 6.09 Å². The van der Waals surface area contributed by atoms with Crippen molar-refractivity contribution in [2.75, 3.05) is 19.6 Å². The summed E-state index contributed by atoms with van der Waals surface area (Å²) in [7, 11) is 0. The van der Waals surface area contributed by atoms with Crippen LogP contribution < -0.4 is 0 Å². The van der Waals surface area contributed by atoms with E-state index in [4.69, 9.17) is 4.74 Å². The fourth-order valence-corrected chi connectivity index (χ4v) is 3.83. The molecule has 3 heterocycles. The van der Waals surface area contributed by atoms with Crippen LogP contribution in [0.15, 0.2) is 0 Å². The number of piperidine rings is 1. The van der Waals surface area contributed by atoms with E-state index >= 15 is 0 Å². The minimum absolute atomic E-state index is 0.254. The number of likely N-dealkylation sites (tertiary alicyclic amines) is 1. The Balaban J connectivity index is 1.59. The average molecular weight is 392 g/mol. The number of nitrogens with zero attached hydrogens (tertiary/aromatic N) is 5. The smallest absolute Gasteiger partial charge is 0.410 e. The Bertz CT molecular complexity index is 714. The van der Waals surface area contributed by atoms with Gasteiger partial charge in [-0.25, -0.2) is 4.79 Å². The van der Waals surface area contributed by atoms with E-state index in [0.717, 1.165) is 37.6 Å². The van der Waals surface area contributed by atoms with Gasteiger partial charge in [0.15, 0.2) is 5.82 Å². The molecule has 0 atom stereocenters. The van der Waals surface area contributed by atoms with Gasteiger partial charge in [0.05, 0.1) is 6.54 Å². The van der Waals surface area contributed by atoms with Gasteiger partial charge < -0.3 is 14.2 Å². The maximum atomic E-state index is 12.3. The van der Waals surface area contributed by atoms with Crippen LogP contribution in [-0.4, -0.2) is 61.8 Å². The molecule has 28 heavy (non-hydrogen) atoms. The van der Waals surface area contributed by atoms with Crippen LogP contribution in [0.4, 0.5) is 4.79 Å². The lowest BCUT2D eigenvalue weighted by Crippen LogP contribution is -2.42. The molecule has 8 nitrogen and oxygen atoms in total. The summed E-state index contributed by atoms with van der Waals surface area (Å²) in [6.45, 7) is 13.0. The van der Waals surface area contributed by atoms with Crippen LogP contribution in [0, 0.1) is 5.92 Å². The Kier molecular flexibility index (Phi) is 5.95. The third kappa shape index (κ3) is 4.83. The normalized spacial score (nSPS) is 18.4. The first-order valence-electron chi connectivity index (χ1n) is 10.3. The van der Waals surface area contributed by atoms with E-state index < -0.39 is 5.60 Å². The molecular weight excluding hydrogens is 358 g/mol. The van der Waals surface area contributed by atoms with Gasteiger partial charge in [0.1, 0.15) is 11.4 Å². The summed E-state index contributed by atoms with van der Waals surface area (Å²) in [6, 6.07) is 0. The highest BCUT2D eigenvalue weighted by atomic mass is 16.6. The summed E-state index contributed by atoms with van der Waals surface area (Å²) < 4.78 is 7.62. The number of hydrogen-bond donors (Lipinski definition) is 0. The van der Waals surface area contributed by atoms with Crippen LogP contribution >= 0.6 is 0 Å². The molecule has 2 amide bonds. The van der Waals surface area contributed by atoms with Crippen LogP contribution in [0.25, 0.3) is 0 Å². The molecule has 0 radical (unpaired) electrons. The van der Waals surface area contributed by atoms with Crippen molar-refractivity contribution in [2.45, 2.75) is 78.5 Å². The van der Waals surface area contributed by atoms with Gasteiger partial charge in [-0.2, -0.15) is 0 Å². The maximum Gasteiger partial charge on any atom is 0.410 e. The zero-order chi connectivity index (χ0) is 20.5. The van der Waals surface area contributed by atoms with Crippen molar-refractivity contribution in [1.29, 1.82) is 0 Å². The van der Waals surface area contributed by atoms with Crippen molar-refractivity contribution in [3.8, 4) is 0 Å². The highest BCUT2D eigenvalue weighted by Crippen LogP contribution is 2.29. The van der Waals surface area contributed by atoms with E-state index in [-0.39, 0.29) is 12.0 Å². The molecule has 0 aromatic carbocycles. The van der Waals surface area contributed by atoms with E-state index in [1.807, 2.05) is 25.7 Å². The first kappa shape index (κ1) is 20.6. The Labute approximate surface area is 167 Å². The second-order valence-electron chi connectivity index (χ2n) is 9.28. The first-order chi connectivity index (χ1) is 13.1. The fraction of sp³-hybridized carbons (Fsp3) is 0.800. The molecule has 0 N–H and O–H groups in total. The molecule has 0 unspecified atom stereocenters. The molecule has 2 aliphatic heterocycles. The molecule has 0 saturated carbocycles. The van der Waals surface area contributed by atoms with Crippen molar-refractivity contribution < 1.29 is 14.3 Å². The topological polar surface area (TPSA) is 80.6 Å². The molecule has 156 valence electrons. The second kappa shape index (κ2) is 8.09. The Hall–Kier alpha value is -2.12. The van der Waals surface area contributed by atoms with Crippen LogP contribution in [0.3, 0.4) is 0 Å². The molecule has 1 aromatic heterocycles. The van der Waals surface area contributed by atoms with Gasteiger partial charge in [0.2, 0.25) is 5.91 Å². The molecule has 0 spiro atoms. The summed E-state index contributed by atoms with van der Waals surface area (Å²) in [5.41, 5.74) is -0.506. The lowest BCUT2D eigenvalue weighted by atomic mass is 9.95. The van der Waals surface area contributed by atoms with Crippen molar-refractivity contribution in [3.63, 3.8) is 0 Å². The SMILES string of the molecule is CC(C)CC(=O)N1CCC(c2nnc3n2CCN(C(=O)OC(C)(C)C)C3)CC1. The zero-order valence-corrected chi connectivity index (χ0v) is 17.8. The van der Waals surface area contributed by atoms with Gasteiger partial charge in [0, 0.05) is 38.5 Å². The van der Waals surface area contributed by atoms with E-state index in [9.17, 15) is 9.59 Å². The van der Waals surface area contributed by atoms with Crippen molar-refractivity contribution in [1.82, 2.24) is 24.6 Å². The Morgan fingerprint density at radius 2 is 1.75 bits per heavy atom. The van der Waals surface area contributed by atoms with Gasteiger partial charge in [0.25, 0.3) is 0 Å². The highest BCUT2D eigenvalue weighted by Gasteiger charge is 2.32. The van der Waals surface area contributed by atoms with Crippen LogP contribution in [-0.2, 0) is 22.6 Å². The number of rotatable bonds is 3. The van der Waals surface area contributed by atoms with E-state index in [1.54, 1.807) is 4.90 Å². The van der Waals surface area contributed by atoms with Crippen LogP contribution in [0.5, 0.6) is 0 Å². The predicted octanol–water partition coefficient (Wildman–Crippen LogP) is 2.78. The van der Waals surface area contributed by atoms with Gasteiger partial charge in [-0.3, -0.25) is 9.69 Å². The summed E-state index contributed by atoms with van der Waals surface area (Å²) >= 11 is 0. The third-order valence-corrected chi connectivity index (χ3v) is 5.23. The second-order valence-corrected chi connectivity index (χ2v) is 9.28. The van der Waals surface area contributed by atoms with E-state index in [1.165, 1.54) is 0 Å². The number of aromatic nitrogens is 3. The summed E-state index contributed by atoms with van der Waals surface area (Å²) in [4.78, 5) is 28.3. The molecule has 0 bridgehead atoms. The van der Waals surface area contributed by atoms with Crippen LogP contribution in [0.1, 0.15) is 71.4 Å². The first-order valence-corrected chi connectivity index (χ1v) is 10.3. The molecule has 3 rings (SSSR count). The minimum atomic E-state index is -0.506. The maximum absolute atomic E-state index is 12.3. The number of amides is 2. The molecule has 1 saturated heterocycles. The van der Waals surface area contributed by atoms with Crippen molar-refractivity contribution >= 4 is 12.0 Å².